The average molecular weight is 298 g/mol. The van der Waals surface area contributed by atoms with Gasteiger partial charge in [0.15, 0.2) is 0 Å². The molecule has 2 heterocycles. The van der Waals surface area contributed by atoms with Gasteiger partial charge < -0.3 is 10.2 Å². The van der Waals surface area contributed by atoms with E-state index in [0.717, 1.165) is 0 Å². The highest BCUT2D eigenvalue weighted by atomic mass is 32.2. The summed E-state index contributed by atoms with van der Waals surface area (Å²) in [7, 11) is -2.04. The summed E-state index contributed by atoms with van der Waals surface area (Å²) in [5.41, 5.74) is 0. The molecule has 0 unspecified atom stereocenters. The van der Waals surface area contributed by atoms with Crippen molar-refractivity contribution in [2.24, 2.45) is 0 Å². The summed E-state index contributed by atoms with van der Waals surface area (Å²) in [5, 5.41) is 2.93. The quantitative estimate of drug-likeness (QED) is 0.844. The van der Waals surface area contributed by atoms with Gasteiger partial charge in [-0.25, -0.2) is 13.4 Å². The Labute approximate surface area is 118 Å². The van der Waals surface area contributed by atoms with Gasteiger partial charge in [-0.15, -0.1) is 0 Å². The zero-order valence-electron chi connectivity index (χ0n) is 11.5. The Balaban J connectivity index is 2.33. The van der Waals surface area contributed by atoms with E-state index >= 15 is 0 Å². The molecule has 0 radical (unpaired) electrons. The van der Waals surface area contributed by atoms with Gasteiger partial charge in [-0.2, -0.15) is 4.31 Å². The van der Waals surface area contributed by atoms with Crippen LogP contribution in [-0.4, -0.2) is 61.7 Å². The Morgan fingerprint density at radius 1 is 1.40 bits per heavy atom. The highest BCUT2D eigenvalue weighted by molar-refractivity contribution is 7.89. The number of anilines is 1. The van der Waals surface area contributed by atoms with E-state index in [-0.39, 0.29) is 17.3 Å². The molecule has 1 N–H and O–H groups in total. The minimum atomic E-state index is -3.71. The van der Waals surface area contributed by atoms with Crippen molar-refractivity contribution in [1.29, 1.82) is 0 Å². The summed E-state index contributed by atoms with van der Waals surface area (Å²) >= 11 is 0. The number of nitrogens with zero attached hydrogens (tertiary/aromatic N) is 3. The predicted octanol–water partition coefficient (Wildman–Crippen LogP) is -0.0239. The minimum absolute atomic E-state index is 0.110. The van der Waals surface area contributed by atoms with Crippen LogP contribution in [0.5, 0.6) is 0 Å². The number of pyridine rings is 1. The van der Waals surface area contributed by atoms with Crippen LogP contribution < -0.4 is 5.32 Å². The van der Waals surface area contributed by atoms with E-state index < -0.39 is 10.0 Å². The largest absolute Gasteiger partial charge is 0.369 e. The highest BCUT2D eigenvalue weighted by Crippen LogP contribution is 2.23. The Hall–Kier alpha value is -1.67. The molecule has 1 aliphatic heterocycles. The maximum Gasteiger partial charge on any atom is 0.247 e. The molecule has 0 spiro atoms. The van der Waals surface area contributed by atoms with E-state index in [4.69, 9.17) is 0 Å². The summed E-state index contributed by atoms with van der Waals surface area (Å²) in [5.74, 6) is 0.120. The van der Waals surface area contributed by atoms with Crippen molar-refractivity contribution < 1.29 is 13.2 Å². The Morgan fingerprint density at radius 2 is 2.15 bits per heavy atom. The smallest absolute Gasteiger partial charge is 0.247 e. The third-order valence-electron chi connectivity index (χ3n) is 3.15. The fourth-order valence-electron chi connectivity index (χ4n) is 1.98. The van der Waals surface area contributed by atoms with Gasteiger partial charge in [-0.05, 0) is 19.1 Å². The standard InChI is InChI=1S/C12H18N4O3S/c1-3-13-12-10(5-4-6-14-12)20(18,19)16-8-7-15(2)11(17)9-16/h4-6H,3,7-9H2,1-2H3,(H,13,14). The van der Waals surface area contributed by atoms with E-state index in [0.29, 0.717) is 25.5 Å². The maximum absolute atomic E-state index is 12.6. The number of carbonyl (C=O) groups is 1. The number of carbonyl (C=O) groups excluding carboxylic acids is 1. The van der Waals surface area contributed by atoms with Gasteiger partial charge in [0.25, 0.3) is 0 Å². The van der Waals surface area contributed by atoms with E-state index in [1.165, 1.54) is 21.5 Å². The minimum Gasteiger partial charge on any atom is -0.369 e. The van der Waals surface area contributed by atoms with E-state index in [1.54, 1.807) is 13.1 Å². The number of likely N-dealkylation sites (N-methyl/N-ethyl adjacent to an activating group) is 1. The first-order chi connectivity index (χ1) is 9.46. The molecule has 20 heavy (non-hydrogen) atoms. The van der Waals surface area contributed by atoms with Crippen LogP contribution >= 0.6 is 0 Å². The zero-order valence-corrected chi connectivity index (χ0v) is 12.4. The molecule has 0 atom stereocenters. The van der Waals surface area contributed by atoms with Crippen LogP contribution in [0.3, 0.4) is 0 Å². The molecule has 7 nitrogen and oxygen atoms in total. The molecular formula is C12H18N4O3S. The van der Waals surface area contributed by atoms with Crippen molar-refractivity contribution >= 4 is 21.7 Å². The molecule has 1 saturated heterocycles. The number of sulfonamides is 1. The average Bonchev–Trinajstić information content (AvgIpc) is 2.42. The molecule has 1 amide bonds. The fraction of sp³-hybridized carbons (Fsp3) is 0.500. The lowest BCUT2D eigenvalue weighted by molar-refractivity contribution is -0.132. The molecule has 2 rings (SSSR count). The third-order valence-corrected chi connectivity index (χ3v) is 5.03. The molecule has 1 fully saturated rings. The van der Waals surface area contributed by atoms with E-state index in [2.05, 4.69) is 10.3 Å². The van der Waals surface area contributed by atoms with Crippen LogP contribution in [-0.2, 0) is 14.8 Å². The lowest BCUT2D eigenvalue weighted by atomic mass is 10.4. The topological polar surface area (TPSA) is 82.6 Å². The van der Waals surface area contributed by atoms with Gasteiger partial charge in [0.05, 0.1) is 6.54 Å². The molecule has 1 aromatic heterocycles. The van der Waals surface area contributed by atoms with Gasteiger partial charge in [-0.1, -0.05) is 0 Å². The van der Waals surface area contributed by atoms with Crippen LogP contribution in [0.1, 0.15) is 6.92 Å². The normalized spacial score (nSPS) is 17.3. The van der Waals surface area contributed by atoms with Crippen molar-refractivity contribution in [3.8, 4) is 0 Å². The van der Waals surface area contributed by atoms with Crippen molar-refractivity contribution in [3.05, 3.63) is 18.3 Å². The monoisotopic (exact) mass is 298 g/mol. The van der Waals surface area contributed by atoms with Gasteiger partial charge in [-0.3, -0.25) is 4.79 Å². The Kier molecular flexibility index (Phi) is 4.24. The fourth-order valence-corrected chi connectivity index (χ4v) is 3.48. The number of aromatic nitrogens is 1. The number of hydrogen-bond donors (Lipinski definition) is 1. The van der Waals surface area contributed by atoms with Crippen LogP contribution in [0.15, 0.2) is 23.2 Å². The number of hydrogen-bond acceptors (Lipinski definition) is 5. The number of rotatable bonds is 4. The van der Waals surface area contributed by atoms with E-state index in [1.807, 2.05) is 6.92 Å². The molecule has 8 heteroatoms. The molecule has 0 aliphatic carbocycles. The van der Waals surface area contributed by atoms with Crippen LogP contribution in [0, 0.1) is 0 Å². The third kappa shape index (κ3) is 2.75. The van der Waals surface area contributed by atoms with Gasteiger partial charge >= 0.3 is 0 Å². The molecule has 110 valence electrons. The number of amides is 1. The second-order valence-corrected chi connectivity index (χ2v) is 6.44. The lowest BCUT2D eigenvalue weighted by Gasteiger charge is -2.31. The van der Waals surface area contributed by atoms with Crippen molar-refractivity contribution in [2.75, 3.05) is 38.5 Å². The molecular weight excluding hydrogens is 280 g/mol. The Bertz CT molecular complexity index is 602. The second-order valence-electron chi connectivity index (χ2n) is 4.53. The van der Waals surface area contributed by atoms with Crippen molar-refractivity contribution in [3.63, 3.8) is 0 Å². The first-order valence-electron chi connectivity index (χ1n) is 6.40. The first kappa shape index (κ1) is 14.7. The lowest BCUT2D eigenvalue weighted by Crippen LogP contribution is -2.50. The molecule has 0 bridgehead atoms. The number of piperazine rings is 1. The maximum atomic E-state index is 12.6. The van der Waals surface area contributed by atoms with Crippen LogP contribution in [0.25, 0.3) is 0 Å². The second kappa shape index (κ2) is 5.76. The van der Waals surface area contributed by atoms with Gasteiger partial charge in [0.1, 0.15) is 10.7 Å². The predicted molar refractivity (Wildman–Crippen MR) is 74.8 cm³/mol. The molecule has 0 saturated carbocycles. The molecule has 0 aromatic carbocycles. The SMILES string of the molecule is CCNc1ncccc1S(=O)(=O)N1CCN(C)C(=O)C1. The first-order valence-corrected chi connectivity index (χ1v) is 7.84. The Morgan fingerprint density at radius 3 is 2.80 bits per heavy atom. The zero-order chi connectivity index (χ0) is 14.8. The summed E-state index contributed by atoms with van der Waals surface area (Å²) in [6, 6.07) is 3.08. The van der Waals surface area contributed by atoms with Crippen LogP contribution in [0.4, 0.5) is 5.82 Å². The number of nitrogens with one attached hydrogen (secondary N) is 1. The van der Waals surface area contributed by atoms with Crippen molar-refractivity contribution in [2.45, 2.75) is 11.8 Å². The summed E-state index contributed by atoms with van der Waals surface area (Å²) in [6.07, 6.45) is 1.53. The molecule has 1 aromatic rings. The summed E-state index contributed by atoms with van der Waals surface area (Å²) in [4.78, 5) is 17.4. The van der Waals surface area contributed by atoms with Gasteiger partial charge in [0, 0.05) is 32.9 Å². The van der Waals surface area contributed by atoms with E-state index in [9.17, 15) is 13.2 Å². The summed E-state index contributed by atoms with van der Waals surface area (Å²) < 4.78 is 26.4. The highest BCUT2D eigenvalue weighted by Gasteiger charge is 2.33. The molecule has 1 aliphatic rings. The van der Waals surface area contributed by atoms with Crippen LogP contribution in [0.2, 0.25) is 0 Å². The summed E-state index contributed by atoms with van der Waals surface area (Å²) in [6.45, 7) is 3.00. The van der Waals surface area contributed by atoms with Crippen molar-refractivity contribution in [1.82, 2.24) is 14.2 Å². The van der Waals surface area contributed by atoms with Gasteiger partial charge in [0.2, 0.25) is 15.9 Å².